The van der Waals surface area contributed by atoms with Crippen molar-refractivity contribution in [3.05, 3.63) is 28.2 Å². The molecule has 1 aromatic rings. The van der Waals surface area contributed by atoms with Crippen molar-refractivity contribution in [2.75, 3.05) is 18.4 Å². The van der Waals surface area contributed by atoms with Gasteiger partial charge in [0.2, 0.25) is 0 Å². The highest BCUT2D eigenvalue weighted by Gasteiger charge is 2.19. The molecular formula is C13H18Cl2N2. The van der Waals surface area contributed by atoms with Crippen LogP contribution in [0.5, 0.6) is 0 Å². The lowest BCUT2D eigenvalue weighted by Crippen LogP contribution is -2.36. The number of nitrogens with one attached hydrogen (secondary N) is 2. The Labute approximate surface area is 113 Å². The second-order valence-electron chi connectivity index (χ2n) is 4.68. The summed E-state index contributed by atoms with van der Waals surface area (Å²) in [4.78, 5) is 0. The highest BCUT2D eigenvalue weighted by molar-refractivity contribution is 6.35. The maximum atomic E-state index is 5.98. The molecule has 4 heteroatoms. The maximum absolute atomic E-state index is 5.98. The predicted molar refractivity (Wildman–Crippen MR) is 75.1 cm³/mol. The van der Waals surface area contributed by atoms with Gasteiger partial charge in [0.05, 0.1) is 0 Å². The van der Waals surface area contributed by atoms with Gasteiger partial charge in [-0.2, -0.15) is 0 Å². The second kappa shape index (κ2) is 5.94. The minimum atomic E-state index is 0.451. The van der Waals surface area contributed by atoms with Gasteiger partial charge in [-0.05, 0) is 57.0 Å². The van der Waals surface area contributed by atoms with Crippen molar-refractivity contribution in [3.63, 3.8) is 0 Å². The van der Waals surface area contributed by atoms with Crippen LogP contribution in [0.4, 0.5) is 5.69 Å². The first-order chi connectivity index (χ1) is 8.15. The van der Waals surface area contributed by atoms with Gasteiger partial charge in [0.15, 0.2) is 0 Å². The third-order valence-electron chi connectivity index (χ3n) is 3.35. The van der Waals surface area contributed by atoms with Crippen molar-refractivity contribution in [3.8, 4) is 0 Å². The van der Waals surface area contributed by atoms with E-state index in [1.165, 1.54) is 12.8 Å². The van der Waals surface area contributed by atoms with Gasteiger partial charge < -0.3 is 10.6 Å². The van der Waals surface area contributed by atoms with E-state index in [1.807, 2.05) is 12.1 Å². The summed E-state index contributed by atoms with van der Waals surface area (Å²) in [6, 6.07) is 6.05. The minimum absolute atomic E-state index is 0.451. The third kappa shape index (κ3) is 3.77. The first kappa shape index (κ1) is 13.0. The van der Waals surface area contributed by atoms with Gasteiger partial charge in [-0.25, -0.2) is 0 Å². The highest BCUT2D eigenvalue weighted by Crippen LogP contribution is 2.25. The molecule has 0 bridgehead atoms. The van der Waals surface area contributed by atoms with E-state index in [0.29, 0.717) is 22.0 Å². The van der Waals surface area contributed by atoms with Gasteiger partial charge in [-0.1, -0.05) is 23.2 Å². The number of piperidine rings is 1. The molecule has 1 aliphatic heterocycles. The van der Waals surface area contributed by atoms with Crippen LogP contribution in [-0.4, -0.2) is 19.1 Å². The Kier molecular flexibility index (Phi) is 4.55. The lowest BCUT2D eigenvalue weighted by atomic mass is 9.91. The van der Waals surface area contributed by atoms with E-state index in [4.69, 9.17) is 23.2 Å². The fourth-order valence-corrected chi connectivity index (χ4v) is 2.89. The minimum Gasteiger partial charge on any atom is -0.382 e. The molecule has 0 aromatic heterocycles. The number of benzene rings is 1. The Morgan fingerprint density at radius 1 is 1.18 bits per heavy atom. The summed E-state index contributed by atoms with van der Waals surface area (Å²) >= 11 is 12.0. The van der Waals surface area contributed by atoms with E-state index < -0.39 is 0 Å². The SMILES string of the molecule is CC(Nc1cc(Cl)cc(Cl)c1)C1CCNCC1. The van der Waals surface area contributed by atoms with E-state index in [0.717, 1.165) is 18.8 Å². The fourth-order valence-electron chi connectivity index (χ4n) is 2.36. The van der Waals surface area contributed by atoms with E-state index in [1.54, 1.807) is 6.07 Å². The van der Waals surface area contributed by atoms with Crippen molar-refractivity contribution >= 4 is 28.9 Å². The molecule has 0 amide bonds. The van der Waals surface area contributed by atoms with Crippen LogP contribution >= 0.6 is 23.2 Å². The molecule has 1 unspecified atom stereocenters. The zero-order valence-electron chi connectivity index (χ0n) is 9.97. The third-order valence-corrected chi connectivity index (χ3v) is 3.78. The molecule has 2 N–H and O–H groups in total. The molecule has 0 aliphatic carbocycles. The molecule has 2 rings (SSSR count). The Hall–Kier alpha value is -0.440. The van der Waals surface area contributed by atoms with E-state index in [-0.39, 0.29) is 0 Å². The average Bonchev–Trinajstić information content (AvgIpc) is 2.28. The molecular weight excluding hydrogens is 255 g/mol. The van der Waals surface area contributed by atoms with Crippen molar-refractivity contribution in [2.24, 2.45) is 5.92 Å². The second-order valence-corrected chi connectivity index (χ2v) is 5.55. The first-order valence-corrected chi connectivity index (χ1v) is 6.84. The molecule has 0 spiro atoms. The van der Waals surface area contributed by atoms with Gasteiger partial charge in [-0.15, -0.1) is 0 Å². The zero-order valence-corrected chi connectivity index (χ0v) is 11.5. The number of halogens is 2. The fraction of sp³-hybridized carbons (Fsp3) is 0.538. The van der Waals surface area contributed by atoms with Gasteiger partial charge in [0, 0.05) is 21.8 Å². The Morgan fingerprint density at radius 3 is 2.35 bits per heavy atom. The van der Waals surface area contributed by atoms with E-state index in [9.17, 15) is 0 Å². The average molecular weight is 273 g/mol. The molecule has 1 saturated heterocycles. The smallest absolute Gasteiger partial charge is 0.0441 e. The van der Waals surface area contributed by atoms with Crippen LogP contribution < -0.4 is 10.6 Å². The van der Waals surface area contributed by atoms with Gasteiger partial charge in [-0.3, -0.25) is 0 Å². The molecule has 1 aliphatic rings. The summed E-state index contributed by atoms with van der Waals surface area (Å²) in [5, 5.41) is 8.23. The number of rotatable bonds is 3. The molecule has 0 saturated carbocycles. The molecule has 1 aromatic carbocycles. The molecule has 1 atom stereocenters. The van der Waals surface area contributed by atoms with Gasteiger partial charge in [0.1, 0.15) is 0 Å². The summed E-state index contributed by atoms with van der Waals surface area (Å²) in [6.07, 6.45) is 2.45. The van der Waals surface area contributed by atoms with Crippen LogP contribution in [0.25, 0.3) is 0 Å². The molecule has 1 fully saturated rings. The molecule has 0 radical (unpaired) electrons. The first-order valence-electron chi connectivity index (χ1n) is 6.08. The Bertz CT molecular complexity index is 355. The molecule has 2 nitrogen and oxygen atoms in total. The normalized spacial score (nSPS) is 19.0. The highest BCUT2D eigenvalue weighted by atomic mass is 35.5. The maximum Gasteiger partial charge on any atom is 0.0441 e. The van der Waals surface area contributed by atoms with Crippen LogP contribution in [0.2, 0.25) is 10.0 Å². The van der Waals surface area contributed by atoms with Crippen LogP contribution in [0, 0.1) is 5.92 Å². The summed E-state index contributed by atoms with van der Waals surface area (Å²) in [7, 11) is 0. The molecule has 94 valence electrons. The van der Waals surface area contributed by atoms with E-state index in [2.05, 4.69) is 17.6 Å². The summed E-state index contributed by atoms with van der Waals surface area (Å²) < 4.78 is 0. The van der Waals surface area contributed by atoms with E-state index >= 15 is 0 Å². The Balaban J connectivity index is 1.99. The van der Waals surface area contributed by atoms with Crippen molar-refractivity contribution in [1.82, 2.24) is 5.32 Å². The summed E-state index contributed by atoms with van der Waals surface area (Å²) in [5.41, 5.74) is 1.01. The number of hydrogen-bond donors (Lipinski definition) is 2. The topological polar surface area (TPSA) is 24.1 Å². The van der Waals surface area contributed by atoms with Crippen LogP contribution in [-0.2, 0) is 0 Å². The van der Waals surface area contributed by atoms with Crippen molar-refractivity contribution in [2.45, 2.75) is 25.8 Å². The monoisotopic (exact) mass is 272 g/mol. The molecule has 1 heterocycles. The quantitative estimate of drug-likeness (QED) is 0.875. The lowest BCUT2D eigenvalue weighted by molar-refractivity contribution is 0.343. The van der Waals surface area contributed by atoms with Crippen LogP contribution in [0.3, 0.4) is 0 Å². The number of hydrogen-bond acceptors (Lipinski definition) is 2. The predicted octanol–water partition coefficient (Wildman–Crippen LogP) is 3.79. The Morgan fingerprint density at radius 2 is 1.76 bits per heavy atom. The zero-order chi connectivity index (χ0) is 12.3. The summed E-state index contributed by atoms with van der Waals surface area (Å²) in [6.45, 7) is 4.46. The van der Waals surface area contributed by atoms with Gasteiger partial charge in [0.25, 0.3) is 0 Å². The summed E-state index contributed by atoms with van der Waals surface area (Å²) in [5.74, 6) is 0.717. The van der Waals surface area contributed by atoms with Crippen LogP contribution in [0.15, 0.2) is 18.2 Å². The standard InChI is InChI=1S/C13H18Cl2N2/c1-9(10-2-4-16-5-3-10)17-13-7-11(14)6-12(15)8-13/h6-10,16-17H,2-5H2,1H3. The van der Waals surface area contributed by atoms with Crippen molar-refractivity contribution < 1.29 is 0 Å². The van der Waals surface area contributed by atoms with Crippen LogP contribution in [0.1, 0.15) is 19.8 Å². The van der Waals surface area contributed by atoms with Gasteiger partial charge >= 0.3 is 0 Å². The molecule has 17 heavy (non-hydrogen) atoms. The lowest BCUT2D eigenvalue weighted by Gasteiger charge is -2.29. The largest absolute Gasteiger partial charge is 0.382 e. The number of anilines is 1. The van der Waals surface area contributed by atoms with Crippen molar-refractivity contribution in [1.29, 1.82) is 0 Å².